The van der Waals surface area contributed by atoms with Crippen LogP contribution in [0.2, 0.25) is 0 Å². The fourth-order valence-corrected chi connectivity index (χ4v) is 4.73. The Kier molecular flexibility index (Phi) is 7.03. The Morgan fingerprint density at radius 3 is 2.29 bits per heavy atom. The SMILES string of the molecule is CC(=O)N1CCC(C(=O)NCc2ccccc2-c2ccc(CN3CCCC3)cc2)CC1. The Hall–Kier alpha value is -2.66. The molecule has 5 nitrogen and oxygen atoms in total. The molecule has 5 heteroatoms. The lowest BCUT2D eigenvalue weighted by Gasteiger charge is -2.30. The Balaban J connectivity index is 1.36. The fourth-order valence-electron chi connectivity index (χ4n) is 4.73. The van der Waals surface area contributed by atoms with Gasteiger partial charge in [-0.3, -0.25) is 14.5 Å². The highest BCUT2D eigenvalue weighted by molar-refractivity contribution is 5.80. The molecule has 0 aliphatic carbocycles. The van der Waals surface area contributed by atoms with Gasteiger partial charge in [0, 0.05) is 39.0 Å². The molecule has 0 unspecified atom stereocenters. The quantitative estimate of drug-likeness (QED) is 0.774. The van der Waals surface area contributed by atoms with Gasteiger partial charge in [0.25, 0.3) is 0 Å². The van der Waals surface area contributed by atoms with Crippen LogP contribution in [-0.4, -0.2) is 47.8 Å². The van der Waals surface area contributed by atoms with E-state index in [2.05, 4.69) is 52.7 Å². The van der Waals surface area contributed by atoms with Crippen molar-refractivity contribution in [2.75, 3.05) is 26.2 Å². The highest BCUT2D eigenvalue weighted by Crippen LogP contribution is 2.25. The van der Waals surface area contributed by atoms with E-state index in [0.29, 0.717) is 19.6 Å². The van der Waals surface area contributed by atoms with Crippen LogP contribution in [0.1, 0.15) is 43.7 Å². The van der Waals surface area contributed by atoms with Crippen LogP contribution in [0.25, 0.3) is 11.1 Å². The van der Waals surface area contributed by atoms with E-state index >= 15 is 0 Å². The summed E-state index contributed by atoms with van der Waals surface area (Å²) < 4.78 is 0. The second kappa shape index (κ2) is 10.1. The molecular weight excluding hydrogens is 386 g/mol. The first-order valence-corrected chi connectivity index (χ1v) is 11.5. The molecule has 0 spiro atoms. The van der Waals surface area contributed by atoms with Gasteiger partial charge in [-0.2, -0.15) is 0 Å². The number of hydrogen-bond acceptors (Lipinski definition) is 3. The Bertz CT molecular complexity index is 895. The molecule has 2 amide bonds. The lowest BCUT2D eigenvalue weighted by molar-refractivity contribution is -0.134. The zero-order valence-corrected chi connectivity index (χ0v) is 18.5. The zero-order valence-electron chi connectivity index (χ0n) is 18.5. The molecule has 2 aromatic rings. The maximum Gasteiger partial charge on any atom is 0.223 e. The minimum absolute atomic E-state index is 0.00682. The zero-order chi connectivity index (χ0) is 21.6. The minimum atomic E-state index is -0.00682. The van der Waals surface area contributed by atoms with Gasteiger partial charge < -0.3 is 10.2 Å². The smallest absolute Gasteiger partial charge is 0.223 e. The van der Waals surface area contributed by atoms with Gasteiger partial charge in [-0.25, -0.2) is 0 Å². The summed E-state index contributed by atoms with van der Waals surface area (Å²) in [7, 11) is 0. The van der Waals surface area contributed by atoms with Crippen LogP contribution in [0, 0.1) is 5.92 Å². The molecule has 2 aliphatic rings. The Labute approximate surface area is 185 Å². The number of carbonyl (C=O) groups is 2. The molecule has 164 valence electrons. The summed E-state index contributed by atoms with van der Waals surface area (Å²) in [5.41, 5.74) is 4.84. The highest BCUT2D eigenvalue weighted by atomic mass is 16.2. The first kappa shape index (κ1) is 21.6. The molecular formula is C26H33N3O2. The molecule has 2 fully saturated rings. The van der Waals surface area contributed by atoms with Gasteiger partial charge in [-0.15, -0.1) is 0 Å². The minimum Gasteiger partial charge on any atom is -0.352 e. The number of piperidine rings is 1. The van der Waals surface area contributed by atoms with Gasteiger partial charge in [0.2, 0.25) is 11.8 Å². The molecule has 4 rings (SSSR count). The van der Waals surface area contributed by atoms with Crippen molar-refractivity contribution in [3.63, 3.8) is 0 Å². The molecule has 2 heterocycles. The number of hydrogen-bond donors (Lipinski definition) is 1. The molecule has 2 saturated heterocycles. The van der Waals surface area contributed by atoms with Crippen molar-refractivity contribution >= 4 is 11.8 Å². The normalized spacial score (nSPS) is 17.6. The summed E-state index contributed by atoms with van der Waals surface area (Å²) in [4.78, 5) is 28.5. The van der Waals surface area contributed by atoms with Gasteiger partial charge in [0.1, 0.15) is 0 Å². The first-order chi connectivity index (χ1) is 15.1. The number of nitrogens with one attached hydrogen (secondary N) is 1. The van der Waals surface area contributed by atoms with Gasteiger partial charge in [0.15, 0.2) is 0 Å². The molecule has 31 heavy (non-hydrogen) atoms. The van der Waals surface area contributed by atoms with Gasteiger partial charge in [-0.1, -0.05) is 48.5 Å². The summed E-state index contributed by atoms with van der Waals surface area (Å²) in [5.74, 6) is 0.186. The number of amides is 2. The van der Waals surface area contributed by atoms with Crippen LogP contribution >= 0.6 is 0 Å². The predicted molar refractivity (Wildman–Crippen MR) is 123 cm³/mol. The average molecular weight is 420 g/mol. The second-order valence-electron chi connectivity index (χ2n) is 8.84. The van der Waals surface area contributed by atoms with Crippen molar-refractivity contribution in [3.05, 3.63) is 59.7 Å². The van der Waals surface area contributed by atoms with Crippen LogP contribution in [0.5, 0.6) is 0 Å². The predicted octanol–water partition coefficient (Wildman–Crippen LogP) is 3.82. The van der Waals surface area contributed by atoms with Crippen LogP contribution < -0.4 is 5.32 Å². The molecule has 2 aromatic carbocycles. The molecule has 0 aromatic heterocycles. The van der Waals surface area contributed by atoms with Gasteiger partial charge in [-0.05, 0) is 61.0 Å². The first-order valence-electron chi connectivity index (χ1n) is 11.5. The summed E-state index contributed by atoms with van der Waals surface area (Å²) >= 11 is 0. The maximum absolute atomic E-state index is 12.7. The third-order valence-electron chi connectivity index (χ3n) is 6.65. The Morgan fingerprint density at radius 2 is 1.61 bits per heavy atom. The largest absolute Gasteiger partial charge is 0.352 e. The van der Waals surface area contributed by atoms with E-state index < -0.39 is 0 Å². The summed E-state index contributed by atoms with van der Waals surface area (Å²) in [6, 6.07) is 17.1. The number of benzene rings is 2. The third kappa shape index (κ3) is 5.53. The van der Waals surface area contributed by atoms with Crippen LogP contribution in [0.3, 0.4) is 0 Å². The third-order valence-corrected chi connectivity index (χ3v) is 6.65. The van der Waals surface area contributed by atoms with Crippen molar-refractivity contribution in [1.82, 2.24) is 15.1 Å². The van der Waals surface area contributed by atoms with Crippen molar-refractivity contribution in [3.8, 4) is 11.1 Å². The standard InChI is InChI=1S/C26H33N3O2/c1-20(30)29-16-12-23(13-17-29)26(31)27-18-24-6-2-3-7-25(24)22-10-8-21(9-11-22)19-28-14-4-5-15-28/h2-3,6-11,23H,4-5,12-19H2,1H3,(H,27,31). The highest BCUT2D eigenvalue weighted by Gasteiger charge is 2.25. The average Bonchev–Trinajstić information content (AvgIpc) is 3.31. The van der Waals surface area contributed by atoms with Gasteiger partial charge >= 0.3 is 0 Å². The molecule has 0 saturated carbocycles. The number of rotatable bonds is 6. The molecule has 2 aliphatic heterocycles. The molecule has 0 atom stereocenters. The maximum atomic E-state index is 12.7. The summed E-state index contributed by atoms with van der Waals surface area (Å²) in [5, 5.41) is 3.13. The molecule has 0 radical (unpaired) electrons. The topological polar surface area (TPSA) is 52.7 Å². The van der Waals surface area contributed by atoms with E-state index in [4.69, 9.17) is 0 Å². The van der Waals surface area contributed by atoms with Crippen molar-refractivity contribution in [2.45, 2.75) is 45.7 Å². The lowest BCUT2D eigenvalue weighted by Crippen LogP contribution is -2.42. The monoisotopic (exact) mass is 419 g/mol. The summed E-state index contributed by atoms with van der Waals surface area (Å²) in [6.07, 6.45) is 4.11. The van der Waals surface area contributed by atoms with E-state index in [1.54, 1.807) is 6.92 Å². The van der Waals surface area contributed by atoms with Crippen LogP contribution in [0.15, 0.2) is 48.5 Å². The van der Waals surface area contributed by atoms with Gasteiger partial charge in [0.05, 0.1) is 0 Å². The number of nitrogens with zero attached hydrogens (tertiary/aromatic N) is 2. The number of likely N-dealkylation sites (tertiary alicyclic amines) is 2. The lowest BCUT2D eigenvalue weighted by atomic mass is 9.95. The van der Waals surface area contributed by atoms with Crippen molar-refractivity contribution in [1.29, 1.82) is 0 Å². The van der Waals surface area contributed by atoms with Crippen LogP contribution in [-0.2, 0) is 22.7 Å². The Morgan fingerprint density at radius 1 is 0.935 bits per heavy atom. The summed E-state index contributed by atoms with van der Waals surface area (Å²) in [6.45, 7) is 6.91. The number of carbonyl (C=O) groups excluding carboxylic acids is 2. The van der Waals surface area contributed by atoms with E-state index in [1.165, 1.54) is 42.6 Å². The van der Waals surface area contributed by atoms with E-state index in [-0.39, 0.29) is 17.7 Å². The molecule has 1 N–H and O–H groups in total. The van der Waals surface area contributed by atoms with Crippen molar-refractivity contribution in [2.24, 2.45) is 5.92 Å². The second-order valence-corrected chi connectivity index (χ2v) is 8.84. The fraction of sp³-hybridized carbons (Fsp3) is 0.462. The van der Waals surface area contributed by atoms with E-state index in [9.17, 15) is 9.59 Å². The van der Waals surface area contributed by atoms with Crippen LogP contribution in [0.4, 0.5) is 0 Å². The molecule has 0 bridgehead atoms. The van der Waals surface area contributed by atoms with Crippen molar-refractivity contribution < 1.29 is 9.59 Å². The van der Waals surface area contributed by atoms with E-state index in [1.807, 2.05) is 11.0 Å². The van der Waals surface area contributed by atoms with E-state index in [0.717, 1.165) is 24.9 Å².